The summed E-state index contributed by atoms with van der Waals surface area (Å²) < 4.78 is 1.63. The van der Waals surface area contributed by atoms with E-state index in [9.17, 15) is 5.11 Å². The number of nitrogens with zero attached hydrogens (tertiary/aromatic N) is 3. The van der Waals surface area contributed by atoms with Crippen molar-refractivity contribution in [2.45, 2.75) is 13.3 Å². The summed E-state index contributed by atoms with van der Waals surface area (Å²) in [5.74, 6) is 0.233. The molecule has 0 aliphatic heterocycles. The number of aromatic nitrogens is 3. The molecule has 0 aliphatic carbocycles. The van der Waals surface area contributed by atoms with Crippen molar-refractivity contribution >= 4 is 0 Å². The van der Waals surface area contributed by atoms with Crippen LogP contribution in [0, 0.1) is 0 Å². The van der Waals surface area contributed by atoms with Crippen LogP contribution >= 0.6 is 0 Å². The lowest BCUT2D eigenvalue weighted by molar-refractivity contribution is 0.469. The smallest absolute Gasteiger partial charge is 0.157 e. The van der Waals surface area contributed by atoms with Gasteiger partial charge in [-0.05, 0) is 18.6 Å². The molecular weight excluding hydrogens is 178 g/mol. The number of rotatable bonds is 2. The monoisotopic (exact) mass is 189 g/mol. The van der Waals surface area contributed by atoms with E-state index in [-0.39, 0.29) is 5.75 Å². The zero-order valence-electron chi connectivity index (χ0n) is 7.88. The maximum absolute atomic E-state index is 9.49. The van der Waals surface area contributed by atoms with E-state index in [2.05, 4.69) is 10.1 Å². The predicted molar refractivity (Wildman–Crippen MR) is 52.4 cm³/mol. The standard InChI is InChI=1S/C10H11N3O/c1-2-9-10(14)7-13(12-9)8-4-3-5-11-6-8/h3-7,14H,2H2,1H3. The maximum atomic E-state index is 9.49. The predicted octanol–water partition coefficient (Wildman–Crippen LogP) is 1.54. The Hall–Kier alpha value is -1.84. The second-order valence-corrected chi connectivity index (χ2v) is 2.97. The average molecular weight is 189 g/mol. The molecule has 72 valence electrons. The summed E-state index contributed by atoms with van der Waals surface area (Å²) in [7, 11) is 0. The lowest BCUT2D eigenvalue weighted by atomic mass is 10.3. The molecule has 2 heterocycles. The van der Waals surface area contributed by atoms with E-state index in [1.807, 2.05) is 19.1 Å². The van der Waals surface area contributed by atoms with Crippen molar-refractivity contribution < 1.29 is 5.11 Å². The van der Waals surface area contributed by atoms with E-state index in [1.54, 1.807) is 23.3 Å². The average Bonchev–Trinajstić information content (AvgIpc) is 2.61. The molecule has 0 saturated carbocycles. The molecule has 0 spiro atoms. The van der Waals surface area contributed by atoms with Crippen LogP contribution < -0.4 is 0 Å². The summed E-state index contributed by atoms with van der Waals surface area (Å²) in [6, 6.07) is 3.72. The van der Waals surface area contributed by atoms with E-state index in [1.165, 1.54) is 0 Å². The zero-order chi connectivity index (χ0) is 9.97. The van der Waals surface area contributed by atoms with Crippen LogP contribution in [0.3, 0.4) is 0 Å². The number of hydrogen-bond donors (Lipinski definition) is 1. The summed E-state index contributed by atoms with van der Waals surface area (Å²) in [4.78, 5) is 3.98. The molecule has 0 aromatic carbocycles. The highest BCUT2D eigenvalue weighted by Gasteiger charge is 2.06. The van der Waals surface area contributed by atoms with Gasteiger partial charge >= 0.3 is 0 Å². The molecule has 1 N–H and O–H groups in total. The normalized spacial score (nSPS) is 10.4. The van der Waals surface area contributed by atoms with Gasteiger partial charge in [-0.15, -0.1) is 0 Å². The first-order chi connectivity index (χ1) is 6.81. The minimum atomic E-state index is 0.233. The largest absolute Gasteiger partial charge is 0.504 e. The van der Waals surface area contributed by atoms with E-state index >= 15 is 0 Å². The summed E-state index contributed by atoms with van der Waals surface area (Å²) in [6.07, 6.45) is 5.72. The highest BCUT2D eigenvalue weighted by Crippen LogP contribution is 2.17. The molecule has 0 amide bonds. The maximum Gasteiger partial charge on any atom is 0.157 e. The van der Waals surface area contributed by atoms with Crippen molar-refractivity contribution in [1.82, 2.24) is 14.8 Å². The number of aromatic hydroxyl groups is 1. The van der Waals surface area contributed by atoms with Crippen molar-refractivity contribution in [3.63, 3.8) is 0 Å². The number of pyridine rings is 1. The first kappa shape index (κ1) is 8.74. The summed E-state index contributed by atoms with van der Waals surface area (Å²) in [5.41, 5.74) is 1.55. The van der Waals surface area contributed by atoms with Gasteiger partial charge in [-0.25, -0.2) is 4.68 Å². The Morgan fingerprint density at radius 1 is 1.50 bits per heavy atom. The Bertz CT molecular complexity index is 422. The summed E-state index contributed by atoms with van der Waals surface area (Å²) in [6.45, 7) is 1.95. The van der Waals surface area contributed by atoms with E-state index in [0.717, 1.165) is 12.1 Å². The molecular formula is C10H11N3O. The highest BCUT2D eigenvalue weighted by atomic mass is 16.3. The lowest BCUT2D eigenvalue weighted by Crippen LogP contribution is -1.95. The van der Waals surface area contributed by atoms with Crippen molar-refractivity contribution in [2.75, 3.05) is 0 Å². The van der Waals surface area contributed by atoms with E-state index < -0.39 is 0 Å². The topological polar surface area (TPSA) is 50.9 Å². The molecule has 4 nitrogen and oxygen atoms in total. The summed E-state index contributed by atoms with van der Waals surface area (Å²) in [5, 5.41) is 13.7. The van der Waals surface area contributed by atoms with Crippen LogP contribution in [0.5, 0.6) is 5.75 Å². The van der Waals surface area contributed by atoms with Crippen LogP contribution in [-0.4, -0.2) is 19.9 Å². The third kappa shape index (κ3) is 1.46. The number of hydrogen-bond acceptors (Lipinski definition) is 3. The number of aryl methyl sites for hydroxylation is 1. The SMILES string of the molecule is CCc1nn(-c2cccnc2)cc1O. The Balaban J connectivity index is 2.43. The van der Waals surface area contributed by atoms with Crippen LogP contribution in [0.1, 0.15) is 12.6 Å². The molecule has 0 unspecified atom stereocenters. The zero-order valence-corrected chi connectivity index (χ0v) is 7.88. The van der Waals surface area contributed by atoms with Crippen molar-refractivity contribution in [1.29, 1.82) is 0 Å². The first-order valence-electron chi connectivity index (χ1n) is 4.49. The van der Waals surface area contributed by atoms with Crippen molar-refractivity contribution in [3.8, 4) is 11.4 Å². The molecule has 0 aliphatic rings. The Morgan fingerprint density at radius 3 is 2.93 bits per heavy atom. The molecule has 0 radical (unpaired) electrons. The van der Waals surface area contributed by atoms with Crippen LogP contribution in [0.25, 0.3) is 5.69 Å². The van der Waals surface area contributed by atoms with Gasteiger partial charge in [0.25, 0.3) is 0 Å². The quantitative estimate of drug-likeness (QED) is 0.779. The van der Waals surface area contributed by atoms with Crippen molar-refractivity contribution in [3.05, 3.63) is 36.4 Å². The molecule has 4 heteroatoms. The van der Waals surface area contributed by atoms with Gasteiger partial charge in [0.1, 0.15) is 5.69 Å². The van der Waals surface area contributed by atoms with Gasteiger partial charge in [0.2, 0.25) is 0 Å². The molecule has 0 saturated heterocycles. The van der Waals surface area contributed by atoms with Gasteiger partial charge < -0.3 is 5.11 Å². The van der Waals surface area contributed by atoms with Gasteiger partial charge in [-0.1, -0.05) is 6.92 Å². The van der Waals surface area contributed by atoms with Crippen molar-refractivity contribution in [2.24, 2.45) is 0 Å². The van der Waals surface area contributed by atoms with Gasteiger partial charge in [-0.2, -0.15) is 5.10 Å². The Labute approximate surface area is 81.8 Å². The minimum absolute atomic E-state index is 0.233. The van der Waals surface area contributed by atoms with Crippen LogP contribution in [0.15, 0.2) is 30.7 Å². The Morgan fingerprint density at radius 2 is 2.36 bits per heavy atom. The molecule has 0 atom stereocenters. The fraction of sp³-hybridized carbons (Fsp3) is 0.200. The third-order valence-corrected chi connectivity index (χ3v) is 2.01. The first-order valence-corrected chi connectivity index (χ1v) is 4.49. The molecule has 2 aromatic heterocycles. The molecule has 2 rings (SSSR count). The van der Waals surface area contributed by atoms with Crippen LogP contribution in [0.2, 0.25) is 0 Å². The second-order valence-electron chi connectivity index (χ2n) is 2.97. The lowest BCUT2D eigenvalue weighted by Gasteiger charge is -1.97. The van der Waals surface area contributed by atoms with Gasteiger partial charge in [0.15, 0.2) is 5.75 Å². The third-order valence-electron chi connectivity index (χ3n) is 2.01. The van der Waals surface area contributed by atoms with E-state index in [0.29, 0.717) is 5.69 Å². The van der Waals surface area contributed by atoms with Crippen LogP contribution in [-0.2, 0) is 6.42 Å². The second kappa shape index (κ2) is 3.49. The fourth-order valence-corrected chi connectivity index (χ4v) is 1.27. The molecule has 0 fully saturated rings. The molecule has 2 aromatic rings. The highest BCUT2D eigenvalue weighted by molar-refractivity contribution is 5.32. The van der Waals surface area contributed by atoms with Gasteiger partial charge in [-0.3, -0.25) is 4.98 Å². The minimum Gasteiger partial charge on any atom is -0.504 e. The van der Waals surface area contributed by atoms with E-state index in [4.69, 9.17) is 0 Å². The van der Waals surface area contributed by atoms with Crippen LogP contribution in [0.4, 0.5) is 0 Å². The van der Waals surface area contributed by atoms with Gasteiger partial charge in [0, 0.05) is 6.20 Å². The summed E-state index contributed by atoms with van der Waals surface area (Å²) >= 11 is 0. The molecule has 14 heavy (non-hydrogen) atoms. The fourth-order valence-electron chi connectivity index (χ4n) is 1.27. The Kier molecular flexibility index (Phi) is 2.18. The molecule has 0 bridgehead atoms. The van der Waals surface area contributed by atoms with Gasteiger partial charge in [0.05, 0.1) is 18.1 Å².